The third-order valence-electron chi connectivity index (χ3n) is 7.94. The second kappa shape index (κ2) is 28.4. The summed E-state index contributed by atoms with van der Waals surface area (Å²) < 4.78 is 34.7. The highest BCUT2D eigenvalue weighted by atomic mass is 16.7. The van der Waals surface area contributed by atoms with Crippen LogP contribution in [-0.2, 0) is 0 Å². The molecule has 0 N–H and O–H groups in total. The van der Waals surface area contributed by atoms with E-state index in [1.807, 2.05) is 116 Å². The number of benzene rings is 4. The van der Waals surface area contributed by atoms with Crippen molar-refractivity contribution in [2.75, 3.05) is 13.2 Å². The summed E-state index contributed by atoms with van der Waals surface area (Å²) in [6, 6.07) is 28.0. The number of para-hydroxylation sites is 4. The first-order valence-electron chi connectivity index (χ1n) is 19.8. The van der Waals surface area contributed by atoms with Crippen LogP contribution in [0, 0.1) is 16.2 Å². The van der Waals surface area contributed by atoms with E-state index < -0.39 is 0 Å². The third-order valence-corrected chi connectivity index (χ3v) is 7.94. The van der Waals surface area contributed by atoms with Gasteiger partial charge in [-0.3, -0.25) is 0 Å². The molecule has 0 radical (unpaired) electrons. The molecule has 4 aromatic rings. The molecule has 0 saturated carbocycles. The minimum Gasteiger partial charge on any atom is -0.486 e. The van der Waals surface area contributed by atoms with Gasteiger partial charge in [-0.25, -0.2) is 0 Å². The van der Waals surface area contributed by atoms with E-state index in [4.69, 9.17) is 28.4 Å². The highest BCUT2D eigenvalue weighted by Crippen LogP contribution is 2.40. The summed E-state index contributed by atoms with van der Waals surface area (Å²) in [6.45, 7) is 36.6. The van der Waals surface area contributed by atoms with Crippen molar-refractivity contribution in [3.8, 4) is 34.5 Å². The van der Waals surface area contributed by atoms with Crippen LogP contribution in [0.4, 0.5) is 0 Å². The fourth-order valence-corrected chi connectivity index (χ4v) is 4.88. The fraction of sp³-hybridized carbons (Fsp3) is 0.569. The summed E-state index contributed by atoms with van der Waals surface area (Å²) >= 11 is 0. The zero-order valence-electron chi connectivity index (χ0n) is 36.2. The van der Waals surface area contributed by atoms with Crippen molar-refractivity contribution in [3.05, 3.63) is 84.9 Å². The molecule has 7 rings (SSSR count). The van der Waals surface area contributed by atoms with Crippen molar-refractivity contribution in [1.82, 2.24) is 0 Å². The van der Waals surface area contributed by atoms with Crippen molar-refractivity contribution in [1.29, 1.82) is 0 Å². The summed E-state index contributed by atoms with van der Waals surface area (Å²) in [5.74, 6) is 5.13. The quantitative estimate of drug-likeness (QED) is 0.177. The number of fused-ring (bicyclic) bond motifs is 4. The van der Waals surface area contributed by atoms with Gasteiger partial charge >= 0.3 is 0 Å². The molecular weight excluding hydrogens is 709 g/mol. The van der Waals surface area contributed by atoms with Crippen molar-refractivity contribution in [2.45, 2.75) is 166 Å². The van der Waals surface area contributed by atoms with Crippen LogP contribution in [0.3, 0.4) is 0 Å². The zero-order valence-corrected chi connectivity index (χ0v) is 36.2. The highest BCUT2D eigenvalue weighted by molar-refractivity contribution is 5.86. The average molecular weight is 797 g/mol. The van der Waals surface area contributed by atoms with E-state index in [0.29, 0.717) is 13.2 Å². The van der Waals surface area contributed by atoms with Crippen LogP contribution in [0.5, 0.6) is 34.5 Å². The Balaban J connectivity index is -0.000000332. The third kappa shape index (κ3) is 18.0. The molecule has 0 spiro atoms. The lowest BCUT2D eigenvalue weighted by molar-refractivity contribution is -0.0396. The van der Waals surface area contributed by atoms with E-state index in [1.165, 1.54) is 10.8 Å². The van der Waals surface area contributed by atoms with Crippen molar-refractivity contribution in [2.24, 2.45) is 16.2 Å². The molecule has 328 valence electrons. The molecule has 3 aliphatic rings. The smallest absolute Gasteiger partial charge is 0.246 e. The van der Waals surface area contributed by atoms with Gasteiger partial charge in [-0.05, 0) is 47.2 Å². The molecule has 6 heteroatoms. The van der Waals surface area contributed by atoms with Crippen LogP contribution in [0.15, 0.2) is 84.9 Å². The SMILES string of the molecule is C.C.C.C.CC.CC.CC.CC.CC(C)(C)C1COc2cc3ccccc3cc2O1.CC(C)(C)C1COc2ccccc2O1.CC(C)(C)C1Oc2ccccc2O1. The second-order valence-electron chi connectivity index (χ2n) is 15.0. The Morgan fingerprint density at radius 3 is 1.04 bits per heavy atom. The van der Waals surface area contributed by atoms with E-state index in [1.54, 1.807) is 0 Å². The van der Waals surface area contributed by atoms with E-state index >= 15 is 0 Å². The van der Waals surface area contributed by atoms with Gasteiger partial charge in [0.25, 0.3) is 0 Å². The molecule has 6 nitrogen and oxygen atoms in total. The fourth-order valence-electron chi connectivity index (χ4n) is 4.88. The van der Waals surface area contributed by atoms with Gasteiger partial charge in [0.2, 0.25) is 6.29 Å². The molecule has 4 aromatic carbocycles. The van der Waals surface area contributed by atoms with Gasteiger partial charge in [-0.2, -0.15) is 0 Å². The van der Waals surface area contributed by atoms with Gasteiger partial charge in [-0.15, -0.1) is 0 Å². The molecule has 0 amide bonds. The Bertz CT molecular complexity index is 1570. The zero-order chi connectivity index (χ0) is 40.4. The molecule has 0 saturated heterocycles. The number of rotatable bonds is 0. The summed E-state index contributed by atoms with van der Waals surface area (Å²) in [7, 11) is 0. The summed E-state index contributed by atoms with van der Waals surface area (Å²) in [4.78, 5) is 0. The average Bonchev–Trinajstić information content (AvgIpc) is 3.62. The Hall–Kier alpha value is -4.06. The van der Waals surface area contributed by atoms with Crippen LogP contribution >= 0.6 is 0 Å². The predicted molar refractivity (Wildman–Crippen MR) is 252 cm³/mol. The van der Waals surface area contributed by atoms with Gasteiger partial charge in [-0.1, -0.05) is 196 Å². The summed E-state index contributed by atoms with van der Waals surface area (Å²) in [6.07, 6.45) is 0.0773. The molecule has 0 aliphatic carbocycles. The molecule has 0 fully saturated rings. The van der Waals surface area contributed by atoms with Crippen LogP contribution in [-0.4, -0.2) is 31.7 Å². The minimum absolute atomic E-state index is 0. The topological polar surface area (TPSA) is 55.4 Å². The number of hydrogen-bond donors (Lipinski definition) is 0. The standard InChI is InChI=1S/C16H18O2.C12H16O2.C11H14O2.4C2H6.4CH4/c1-16(2,3)15-10-17-13-8-11-6-4-5-7-12(11)9-14(13)18-15;1-12(2,3)11-8-13-9-6-4-5-7-10(9)14-11;1-11(2,3)10-12-8-6-4-5-7-9(8)13-10;4*1-2;;;;/h4-9,15H,10H2,1-3H3;4-7,11H,8H2,1-3H3;4-7,10H,1-3H3;4*1-2H3;4*1H4. The minimum atomic E-state index is -0.162. The van der Waals surface area contributed by atoms with E-state index in [9.17, 15) is 0 Å². The van der Waals surface area contributed by atoms with Crippen LogP contribution in [0.1, 0.15) is 147 Å². The van der Waals surface area contributed by atoms with E-state index in [-0.39, 0.29) is 64.4 Å². The maximum Gasteiger partial charge on any atom is 0.246 e. The van der Waals surface area contributed by atoms with Crippen molar-refractivity contribution in [3.63, 3.8) is 0 Å². The Morgan fingerprint density at radius 2 is 0.667 bits per heavy atom. The molecule has 3 heterocycles. The lowest BCUT2D eigenvalue weighted by atomic mass is 9.89. The Kier molecular flexibility index (Phi) is 29.7. The molecule has 0 aromatic heterocycles. The van der Waals surface area contributed by atoms with Gasteiger partial charge in [0.15, 0.2) is 34.5 Å². The van der Waals surface area contributed by atoms with Crippen LogP contribution in [0.25, 0.3) is 10.8 Å². The Morgan fingerprint density at radius 1 is 0.368 bits per heavy atom. The normalized spacial score (nSPS) is 15.2. The van der Waals surface area contributed by atoms with Gasteiger partial charge in [0.05, 0.1) is 0 Å². The largest absolute Gasteiger partial charge is 0.486 e. The molecule has 3 aliphatic heterocycles. The van der Waals surface area contributed by atoms with E-state index in [0.717, 1.165) is 34.5 Å². The maximum atomic E-state index is 6.08. The maximum absolute atomic E-state index is 6.08. The molecule has 0 bridgehead atoms. The van der Waals surface area contributed by atoms with Crippen molar-refractivity contribution < 1.29 is 28.4 Å². The first-order valence-corrected chi connectivity index (χ1v) is 19.8. The Labute approximate surface area is 353 Å². The molecule has 57 heavy (non-hydrogen) atoms. The van der Waals surface area contributed by atoms with Gasteiger partial charge in [0, 0.05) is 16.2 Å². The molecule has 2 unspecified atom stereocenters. The first kappa shape index (κ1) is 59.6. The van der Waals surface area contributed by atoms with Crippen molar-refractivity contribution >= 4 is 10.8 Å². The van der Waals surface area contributed by atoms with Gasteiger partial charge in [0.1, 0.15) is 25.4 Å². The van der Waals surface area contributed by atoms with E-state index in [2.05, 4.69) is 86.6 Å². The lowest BCUT2D eigenvalue weighted by Gasteiger charge is -2.35. The van der Waals surface area contributed by atoms with Crippen LogP contribution in [0.2, 0.25) is 0 Å². The highest BCUT2D eigenvalue weighted by Gasteiger charge is 2.35. The lowest BCUT2D eigenvalue weighted by Crippen LogP contribution is -2.39. The van der Waals surface area contributed by atoms with Crippen LogP contribution < -0.4 is 28.4 Å². The second-order valence-corrected chi connectivity index (χ2v) is 15.0. The monoisotopic (exact) mass is 797 g/mol. The summed E-state index contributed by atoms with van der Waals surface area (Å²) in [5, 5.41) is 2.38. The number of hydrogen-bond acceptors (Lipinski definition) is 6. The summed E-state index contributed by atoms with van der Waals surface area (Å²) in [5.41, 5.74) is 0.218. The molecular formula is C51H88O6. The number of ether oxygens (including phenoxy) is 6. The first-order chi connectivity index (χ1) is 25.2. The van der Waals surface area contributed by atoms with Gasteiger partial charge < -0.3 is 28.4 Å². The predicted octanol–water partition coefficient (Wildman–Crippen LogP) is 16.4. The molecule has 2 atom stereocenters.